The number of rotatable bonds is 1. The number of hydrogen-bond acceptors (Lipinski definition) is 3. The van der Waals surface area contributed by atoms with E-state index in [0.29, 0.717) is 0 Å². The number of hydrogen-bond donors (Lipinski definition) is 1. The maximum absolute atomic E-state index is 11.5. The highest BCUT2D eigenvalue weighted by atomic mass is 16.6. The Morgan fingerprint density at radius 1 is 1.64 bits per heavy atom. The van der Waals surface area contributed by atoms with Crippen LogP contribution in [0.15, 0.2) is 0 Å². The fourth-order valence-electron chi connectivity index (χ4n) is 0.992. The smallest absolute Gasteiger partial charge is 0.407 e. The van der Waals surface area contributed by atoms with Crippen LogP contribution < -0.4 is 5.32 Å². The Morgan fingerprint density at radius 3 is 2.71 bits per heavy atom. The summed E-state index contributed by atoms with van der Waals surface area (Å²) >= 11 is 0. The normalized spacial score (nSPS) is 33.6. The van der Waals surface area contributed by atoms with E-state index in [-0.39, 0.29) is 0 Å². The van der Waals surface area contributed by atoms with E-state index in [1.165, 1.54) is 0 Å². The highest BCUT2D eigenvalue weighted by Gasteiger charge is 2.25. The van der Waals surface area contributed by atoms with E-state index in [2.05, 4.69) is 5.32 Å². The summed E-state index contributed by atoms with van der Waals surface area (Å²) in [6, 6.07) is -1.21. The topological polar surface area (TPSA) is 55.4 Å². The molecule has 0 spiro atoms. The first-order valence-electron chi connectivity index (χ1n) is 6.41. The molecule has 0 aromatic carbocycles. The fourth-order valence-corrected chi connectivity index (χ4v) is 0.992. The van der Waals surface area contributed by atoms with Crippen LogP contribution in [0.3, 0.4) is 0 Å². The third-order valence-electron chi connectivity index (χ3n) is 1.46. The van der Waals surface area contributed by atoms with E-state index < -0.39 is 42.7 Å². The van der Waals surface area contributed by atoms with Crippen molar-refractivity contribution in [1.82, 2.24) is 5.32 Å². The Labute approximate surface area is 89.6 Å². The molecule has 0 heterocycles. The third kappa shape index (κ3) is 3.77. The first-order valence-corrected chi connectivity index (χ1v) is 4.41. The van der Waals surface area contributed by atoms with Gasteiger partial charge in [-0.1, -0.05) is 0 Å². The van der Waals surface area contributed by atoms with E-state index in [0.717, 1.165) is 0 Å². The third-order valence-corrected chi connectivity index (χ3v) is 1.46. The van der Waals surface area contributed by atoms with Crippen LogP contribution in [0.1, 0.15) is 45.4 Å². The van der Waals surface area contributed by atoms with E-state index in [9.17, 15) is 9.59 Å². The lowest BCUT2D eigenvalue weighted by Crippen LogP contribution is -2.37. The monoisotopic (exact) mass is 203 g/mol. The summed E-state index contributed by atoms with van der Waals surface area (Å²) in [5, 5.41) is 2.21. The van der Waals surface area contributed by atoms with E-state index >= 15 is 0 Å². The van der Waals surface area contributed by atoms with Crippen molar-refractivity contribution in [1.29, 1.82) is 0 Å². The lowest BCUT2D eigenvalue weighted by Gasteiger charge is -2.21. The van der Waals surface area contributed by atoms with Gasteiger partial charge in [0, 0.05) is 24.3 Å². The molecule has 4 nitrogen and oxygen atoms in total. The van der Waals surface area contributed by atoms with Crippen LogP contribution in [0.5, 0.6) is 0 Å². The molecule has 1 saturated carbocycles. The van der Waals surface area contributed by atoms with Gasteiger partial charge < -0.3 is 10.1 Å². The van der Waals surface area contributed by atoms with Crippen molar-refractivity contribution >= 4 is 11.9 Å². The number of amides is 1. The lowest BCUT2D eigenvalue weighted by molar-refractivity contribution is -0.117. The molecule has 0 saturated heterocycles. The maximum atomic E-state index is 11.5. The second-order valence-corrected chi connectivity index (χ2v) is 4.05. The molecule has 0 aromatic rings. The number of carbonyl (C=O) groups is 2. The van der Waals surface area contributed by atoms with Crippen molar-refractivity contribution in [3.63, 3.8) is 0 Å². The van der Waals surface area contributed by atoms with Gasteiger partial charge in [0.2, 0.25) is 0 Å². The largest absolute Gasteiger partial charge is 0.444 e. The Bertz CT molecular complexity index is 376. The Hall–Kier alpha value is -1.06. The molecule has 1 aliphatic carbocycles. The van der Waals surface area contributed by atoms with Gasteiger partial charge in [0.05, 0.1) is 0 Å². The van der Waals surface area contributed by atoms with Crippen molar-refractivity contribution in [2.75, 3.05) is 0 Å². The van der Waals surface area contributed by atoms with Crippen LogP contribution in [-0.4, -0.2) is 23.5 Å². The van der Waals surface area contributed by atoms with Crippen molar-refractivity contribution < 1.29 is 19.8 Å². The first kappa shape index (κ1) is 6.43. The van der Waals surface area contributed by atoms with Gasteiger partial charge in [-0.3, -0.25) is 4.79 Å². The van der Waals surface area contributed by atoms with Crippen LogP contribution in [0.25, 0.3) is 0 Å². The van der Waals surface area contributed by atoms with Gasteiger partial charge in [0.1, 0.15) is 11.4 Å². The van der Waals surface area contributed by atoms with Crippen LogP contribution in [0.2, 0.25) is 0 Å². The number of Topliss-reactive ketones (excluding diaryl/α,β-unsaturated/α-hetero) is 1. The van der Waals surface area contributed by atoms with Gasteiger partial charge in [-0.2, -0.15) is 0 Å². The zero-order chi connectivity index (χ0) is 14.4. The number of carbonyl (C=O) groups excluding carboxylic acids is 2. The average Bonchev–Trinajstić information content (AvgIpc) is 2.24. The standard InChI is InChI=1S/C10H17NO3/c1-10(2,3)14-9(13)11-7-4-5-8(12)6-7/h7H,4-6H2,1-3H3,(H,11,13)/t7-/m1/s1/i5D2,6D2. The van der Waals surface area contributed by atoms with Gasteiger partial charge in [0.25, 0.3) is 0 Å². The maximum Gasteiger partial charge on any atom is 0.407 e. The molecule has 0 unspecified atom stereocenters. The predicted molar refractivity (Wildman–Crippen MR) is 52.0 cm³/mol. The van der Waals surface area contributed by atoms with E-state index in [4.69, 9.17) is 10.2 Å². The second-order valence-electron chi connectivity index (χ2n) is 4.05. The summed E-state index contributed by atoms with van der Waals surface area (Å²) < 4.78 is 34.8. The highest BCUT2D eigenvalue weighted by Crippen LogP contribution is 2.15. The molecule has 1 amide bonds. The molecule has 1 atom stereocenters. The van der Waals surface area contributed by atoms with Crippen LogP contribution >= 0.6 is 0 Å². The molecule has 1 N–H and O–H groups in total. The minimum atomic E-state index is -2.42. The summed E-state index contributed by atoms with van der Waals surface area (Å²) in [4.78, 5) is 23.0. The molecule has 0 aliphatic heterocycles. The van der Waals surface area contributed by atoms with Crippen LogP contribution in [0.4, 0.5) is 4.79 Å². The Kier molecular flexibility index (Phi) is 1.83. The number of nitrogens with one attached hydrogen (secondary N) is 1. The molecule has 1 fully saturated rings. The van der Waals surface area contributed by atoms with Gasteiger partial charge in [-0.25, -0.2) is 4.79 Å². The molecule has 80 valence electrons. The van der Waals surface area contributed by atoms with Gasteiger partial charge in [0.15, 0.2) is 0 Å². The molecule has 4 heteroatoms. The van der Waals surface area contributed by atoms with Gasteiger partial charge in [-0.05, 0) is 27.2 Å². The zero-order valence-electron chi connectivity index (χ0n) is 12.5. The second kappa shape index (κ2) is 3.98. The number of alkyl carbamates (subject to hydrolysis) is 1. The molecular weight excluding hydrogens is 182 g/mol. The average molecular weight is 203 g/mol. The SMILES string of the molecule is [2H]C1([2H])C[C@@H](NC(=O)OC(C)(C)C)C([2H])([2H])C1=O. The molecule has 1 rings (SSSR count). The zero-order valence-corrected chi connectivity index (χ0v) is 8.51. The minimum absolute atomic E-state index is 0.391. The summed E-state index contributed by atoms with van der Waals surface area (Å²) in [7, 11) is 0. The summed E-state index contributed by atoms with van der Waals surface area (Å²) in [5.74, 6) is -1.14. The predicted octanol–water partition coefficient (Wildman–Crippen LogP) is 1.63. The number of ether oxygens (including phenoxy) is 1. The first-order chi connectivity index (χ1) is 7.86. The molecule has 1 aliphatic rings. The van der Waals surface area contributed by atoms with E-state index in [1.54, 1.807) is 20.8 Å². The highest BCUT2D eigenvalue weighted by molar-refractivity contribution is 5.82. The molecule has 0 aromatic heterocycles. The summed E-state index contributed by atoms with van der Waals surface area (Å²) in [5.41, 5.74) is -0.738. The fraction of sp³-hybridized carbons (Fsp3) is 0.800. The van der Waals surface area contributed by atoms with Crippen LogP contribution in [0, 0.1) is 0 Å². The Morgan fingerprint density at radius 2 is 2.29 bits per heavy atom. The lowest BCUT2D eigenvalue weighted by atomic mass is 10.2. The molecule has 0 radical (unpaired) electrons. The van der Waals surface area contributed by atoms with E-state index in [1.807, 2.05) is 0 Å². The molecule has 0 bridgehead atoms. The van der Waals surface area contributed by atoms with Crippen LogP contribution in [-0.2, 0) is 9.53 Å². The number of ketones is 1. The van der Waals surface area contributed by atoms with Crippen molar-refractivity contribution in [2.24, 2.45) is 0 Å². The van der Waals surface area contributed by atoms with Crippen molar-refractivity contribution in [3.8, 4) is 0 Å². The van der Waals surface area contributed by atoms with Gasteiger partial charge >= 0.3 is 6.09 Å². The van der Waals surface area contributed by atoms with Gasteiger partial charge in [-0.15, -0.1) is 0 Å². The molecule has 14 heavy (non-hydrogen) atoms. The minimum Gasteiger partial charge on any atom is -0.444 e. The van der Waals surface area contributed by atoms with Crippen molar-refractivity contribution in [2.45, 2.75) is 51.6 Å². The summed E-state index contributed by atoms with van der Waals surface area (Å²) in [6.07, 6.45) is -5.93. The summed E-state index contributed by atoms with van der Waals surface area (Å²) in [6.45, 7) is 4.96. The Balaban J connectivity index is 2.75. The molecular formula is C10H17NO3. The van der Waals surface area contributed by atoms with Crippen molar-refractivity contribution in [3.05, 3.63) is 0 Å². The quantitative estimate of drug-likeness (QED) is 0.704.